The maximum atomic E-state index is 13.0. The SMILES string of the molecule is Cc1ccccc1C(=O)C(F)(F)CBr. The number of carbonyl (C=O) groups excluding carboxylic acids is 1. The lowest BCUT2D eigenvalue weighted by molar-refractivity contribution is 0.0256. The standard InChI is InChI=1S/C10H9BrF2O/c1-7-4-2-3-5-8(7)9(14)10(12,13)6-11/h2-5H,6H2,1H3. The highest BCUT2D eigenvalue weighted by atomic mass is 79.9. The van der Waals surface area contributed by atoms with Crippen molar-refractivity contribution < 1.29 is 13.6 Å². The quantitative estimate of drug-likeness (QED) is 0.604. The van der Waals surface area contributed by atoms with Crippen molar-refractivity contribution in [1.29, 1.82) is 0 Å². The number of ketones is 1. The molecule has 76 valence electrons. The van der Waals surface area contributed by atoms with Crippen molar-refractivity contribution in [2.24, 2.45) is 0 Å². The Morgan fingerprint density at radius 2 is 2.00 bits per heavy atom. The van der Waals surface area contributed by atoms with Gasteiger partial charge in [-0.3, -0.25) is 4.79 Å². The molecule has 0 unspecified atom stereocenters. The molecule has 0 spiro atoms. The topological polar surface area (TPSA) is 17.1 Å². The van der Waals surface area contributed by atoms with E-state index in [4.69, 9.17) is 0 Å². The highest BCUT2D eigenvalue weighted by molar-refractivity contribution is 9.09. The van der Waals surface area contributed by atoms with Gasteiger partial charge in [0, 0.05) is 5.56 Å². The first-order valence-corrected chi connectivity index (χ1v) is 5.15. The molecule has 0 saturated carbocycles. The smallest absolute Gasteiger partial charge is 0.287 e. The van der Waals surface area contributed by atoms with Crippen molar-refractivity contribution in [3.05, 3.63) is 35.4 Å². The van der Waals surface area contributed by atoms with Crippen LogP contribution in [0.1, 0.15) is 15.9 Å². The predicted molar refractivity (Wildman–Crippen MR) is 54.3 cm³/mol. The van der Waals surface area contributed by atoms with E-state index in [1.165, 1.54) is 6.07 Å². The molecule has 0 N–H and O–H groups in total. The van der Waals surface area contributed by atoms with Crippen LogP contribution in [0.3, 0.4) is 0 Å². The van der Waals surface area contributed by atoms with Gasteiger partial charge < -0.3 is 0 Å². The maximum Gasteiger partial charge on any atom is 0.319 e. The Kier molecular flexibility index (Phi) is 3.37. The van der Waals surface area contributed by atoms with E-state index in [0.29, 0.717) is 5.56 Å². The molecule has 0 aromatic heterocycles. The predicted octanol–water partition coefficient (Wildman–Crippen LogP) is 3.21. The molecule has 0 heterocycles. The summed E-state index contributed by atoms with van der Waals surface area (Å²) in [7, 11) is 0. The van der Waals surface area contributed by atoms with Gasteiger partial charge in [-0.05, 0) is 12.5 Å². The lowest BCUT2D eigenvalue weighted by Gasteiger charge is -2.12. The van der Waals surface area contributed by atoms with Crippen molar-refractivity contribution in [3.63, 3.8) is 0 Å². The number of carbonyl (C=O) groups is 1. The molecule has 0 atom stereocenters. The monoisotopic (exact) mass is 262 g/mol. The van der Waals surface area contributed by atoms with Crippen molar-refractivity contribution in [1.82, 2.24) is 0 Å². The molecule has 0 fully saturated rings. The van der Waals surface area contributed by atoms with Crippen molar-refractivity contribution >= 4 is 21.7 Å². The molecule has 4 heteroatoms. The molecule has 0 aliphatic carbocycles. The first-order valence-electron chi connectivity index (χ1n) is 4.03. The largest absolute Gasteiger partial charge is 0.319 e. The molecule has 1 aromatic rings. The molecule has 14 heavy (non-hydrogen) atoms. The highest BCUT2D eigenvalue weighted by Crippen LogP contribution is 2.23. The minimum Gasteiger partial charge on any atom is -0.287 e. The molecule has 0 aliphatic rings. The third kappa shape index (κ3) is 2.18. The van der Waals surface area contributed by atoms with Crippen LogP contribution in [-0.4, -0.2) is 17.0 Å². The zero-order chi connectivity index (χ0) is 10.8. The molecule has 0 amide bonds. The van der Waals surface area contributed by atoms with E-state index in [1.54, 1.807) is 25.1 Å². The van der Waals surface area contributed by atoms with E-state index in [9.17, 15) is 13.6 Å². The number of alkyl halides is 3. The van der Waals surface area contributed by atoms with E-state index >= 15 is 0 Å². The van der Waals surface area contributed by atoms with Crippen LogP contribution in [-0.2, 0) is 0 Å². The van der Waals surface area contributed by atoms with Gasteiger partial charge in [-0.15, -0.1) is 0 Å². The van der Waals surface area contributed by atoms with Gasteiger partial charge in [0.2, 0.25) is 5.78 Å². The number of benzene rings is 1. The van der Waals surface area contributed by atoms with Crippen LogP contribution in [0.5, 0.6) is 0 Å². The van der Waals surface area contributed by atoms with Crippen LogP contribution < -0.4 is 0 Å². The Bertz CT molecular complexity index is 350. The summed E-state index contributed by atoms with van der Waals surface area (Å²) < 4.78 is 26.0. The van der Waals surface area contributed by atoms with E-state index in [1.807, 2.05) is 0 Å². The average Bonchev–Trinajstić information content (AvgIpc) is 2.17. The van der Waals surface area contributed by atoms with Gasteiger partial charge in [0.15, 0.2) is 0 Å². The molecule has 1 aromatic carbocycles. The van der Waals surface area contributed by atoms with Crippen LogP contribution in [0.4, 0.5) is 8.78 Å². The summed E-state index contributed by atoms with van der Waals surface area (Å²) in [5.74, 6) is -4.46. The molecular weight excluding hydrogens is 254 g/mol. The van der Waals surface area contributed by atoms with Gasteiger partial charge in [-0.2, -0.15) is 8.78 Å². The summed E-state index contributed by atoms with van der Waals surface area (Å²) in [6.45, 7) is 1.64. The Labute approximate surface area is 89.3 Å². The Hall–Kier alpha value is -0.770. The van der Waals surface area contributed by atoms with Gasteiger partial charge in [-0.1, -0.05) is 40.2 Å². The highest BCUT2D eigenvalue weighted by Gasteiger charge is 2.38. The number of aryl methyl sites for hydroxylation is 1. The van der Waals surface area contributed by atoms with Gasteiger partial charge >= 0.3 is 5.92 Å². The van der Waals surface area contributed by atoms with E-state index in [0.717, 1.165) is 0 Å². The van der Waals surface area contributed by atoms with Crippen molar-refractivity contribution in [3.8, 4) is 0 Å². The second-order valence-electron chi connectivity index (χ2n) is 2.98. The molecule has 0 bridgehead atoms. The van der Waals surface area contributed by atoms with Crippen LogP contribution >= 0.6 is 15.9 Å². The molecule has 0 radical (unpaired) electrons. The minimum atomic E-state index is -3.33. The fourth-order valence-corrected chi connectivity index (χ4v) is 1.34. The van der Waals surface area contributed by atoms with Crippen LogP contribution in [0.25, 0.3) is 0 Å². The first kappa shape index (κ1) is 11.3. The molecular formula is C10H9BrF2O. The second-order valence-corrected chi connectivity index (χ2v) is 3.54. The number of rotatable bonds is 3. The number of halogens is 3. The van der Waals surface area contributed by atoms with Crippen LogP contribution in [0.2, 0.25) is 0 Å². The fraction of sp³-hybridized carbons (Fsp3) is 0.300. The Morgan fingerprint density at radius 1 is 1.43 bits per heavy atom. The summed E-state index contributed by atoms with van der Waals surface area (Å²) in [6, 6.07) is 6.33. The van der Waals surface area contributed by atoms with Gasteiger partial charge in [0.05, 0.1) is 5.33 Å². The third-order valence-electron chi connectivity index (χ3n) is 1.89. The van der Waals surface area contributed by atoms with E-state index in [-0.39, 0.29) is 5.56 Å². The van der Waals surface area contributed by atoms with Gasteiger partial charge in [0.25, 0.3) is 0 Å². The van der Waals surface area contributed by atoms with E-state index < -0.39 is 17.0 Å². The third-order valence-corrected chi connectivity index (χ3v) is 2.59. The lowest BCUT2D eigenvalue weighted by Crippen LogP contribution is -2.30. The Balaban J connectivity index is 3.07. The molecule has 0 aliphatic heterocycles. The summed E-state index contributed by atoms with van der Waals surface area (Å²) in [4.78, 5) is 11.3. The first-order chi connectivity index (χ1) is 6.49. The summed E-state index contributed by atoms with van der Waals surface area (Å²) >= 11 is 2.62. The van der Waals surface area contributed by atoms with Gasteiger partial charge in [-0.25, -0.2) is 0 Å². The van der Waals surface area contributed by atoms with Crippen LogP contribution in [0, 0.1) is 6.92 Å². The zero-order valence-electron chi connectivity index (χ0n) is 7.56. The van der Waals surface area contributed by atoms with Crippen molar-refractivity contribution in [2.45, 2.75) is 12.8 Å². The van der Waals surface area contributed by atoms with Gasteiger partial charge in [0.1, 0.15) is 0 Å². The number of Topliss-reactive ketones (excluding diaryl/α,β-unsaturated/α-hetero) is 1. The zero-order valence-corrected chi connectivity index (χ0v) is 9.14. The normalized spacial score (nSPS) is 11.4. The van der Waals surface area contributed by atoms with E-state index in [2.05, 4.69) is 15.9 Å². The van der Waals surface area contributed by atoms with Crippen molar-refractivity contribution in [2.75, 3.05) is 5.33 Å². The molecule has 1 rings (SSSR count). The molecule has 0 saturated heterocycles. The fourth-order valence-electron chi connectivity index (χ4n) is 1.09. The summed E-state index contributed by atoms with van der Waals surface area (Å²) in [5, 5.41) is -0.646. The number of hydrogen-bond donors (Lipinski definition) is 0. The minimum absolute atomic E-state index is 0.0805. The maximum absolute atomic E-state index is 13.0. The Morgan fingerprint density at radius 3 is 2.50 bits per heavy atom. The number of hydrogen-bond acceptors (Lipinski definition) is 1. The molecule has 1 nitrogen and oxygen atoms in total. The summed E-state index contributed by atoms with van der Waals surface area (Å²) in [5.41, 5.74) is 0.648. The lowest BCUT2D eigenvalue weighted by atomic mass is 10.0. The second kappa shape index (κ2) is 4.17. The summed E-state index contributed by atoms with van der Waals surface area (Å²) in [6.07, 6.45) is 0. The van der Waals surface area contributed by atoms with Crippen LogP contribution in [0.15, 0.2) is 24.3 Å². The average molecular weight is 263 g/mol.